The number of benzene rings is 1. The Balaban J connectivity index is 2.27. The Labute approximate surface area is 91.9 Å². The van der Waals surface area contributed by atoms with Crippen LogP contribution in [0, 0.1) is 17.2 Å². The van der Waals surface area contributed by atoms with E-state index in [9.17, 15) is 4.79 Å². The van der Waals surface area contributed by atoms with Crippen LogP contribution in [-0.2, 0) is 11.2 Å². The zero-order valence-corrected chi connectivity index (χ0v) is 8.47. The first kappa shape index (κ1) is 10.2. The summed E-state index contributed by atoms with van der Waals surface area (Å²) >= 11 is 0. The van der Waals surface area contributed by atoms with E-state index in [0.717, 1.165) is 16.5 Å². The molecule has 0 radical (unpaired) electrons. The van der Waals surface area contributed by atoms with Crippen molar-refractivity contribution >= 4 is 16.8 Å². The minimum absolute atomic E-state index is 0.340. The number of nitrogens with zero attached hydrogens (tertiary/aromatic N) is 2. The maximum Gasteiger partial charge on any atom is 0.235 e. The van der Waals surface area contributed by atoms with Gasteiger partial charge in [-0.15, -0.1) is 0 Å². The lowest BCUT2D eigenvalue weighted by Gasteiger charge is -2.04. The molecule has 0 aliphatic carbocycles. The van der Waals surface area contributed by atoms with E-state index >= 15 is 0 Å². The number of aromatic nitrogens is 2. The van der Waals surface area contributed by atoms with Crippen molar-refractivity contribution in [3.8, 4) is 6.07 Å². The van der Waals surface area contributed by atoms with Crippen LogP contribution >= 0.6 is 0 Å². The van der Waals surface area contributed by atoms with Crippen molar-refractivity contribution in [1.82, 2.24) is 10.2 Å². The fourth-order valence-corrected chi connectivity index (χ4v) is 1.56. The molecule has 0 fully saturated rings. The number of aromatic amines is 1. The molecule has 0 spiro atoms. The van der Waals surface area contributed by atoms with Gasteiger partial charge < -0.3 is 5.73 Å². The number of carbonyl (C=O) groups is 1. The minimum Gasteiger partial charge on any atom is -0.369 e. The highest BCUT2D eigenvalue weighted by Gasteiger charge is 2.14. The van der Waals surface area contributed by atoms with Crippen molar-refractivity contribution in [3.63, 3.8) is 0 Å². The second-order valence-corrected chi connectivity index (χ2v) is 3.58. The van der Waals surface area contributed by atoms with Crippen molar-refractivity contribution in [2.24, 2.45) is 11.7 Å². The van der Waals surface area contributed by atoms with Gasteiger partial charge in [0.1, 0.15) is 5.92 Å². The van der Waals surface area contributed by atoms with Gasteiger partial charge in [-0.25, -0.2) is 0 Å². The molecule has 16 heavy (non-hydrogen) atoms. The van der Waals surface area contributed by atoms with E-state index < -0.39 is 11.8 Å². The number of primary amides is 1. The number of amides is 1. The predicted molar refractivity (Wildman–Crippen MR) is 58.1 cm³/mol. The summed E-state index contributed by atoms with van der Waals surface area (Å²) in [6.07, 6.45) is 2.04. The Morgan fingerprint density at radius 1 is 1.62 bits per heavy atom. The van der Waals surface area contributed by atoms with E-state index in [1.807, 2.05) is 24.3 Å². The van der Waals surface area contributed by atoms with Gasteiger partial charge in [0.05, 0.1) is 17.8 Å². The minimum atomic E-state index is -0.774. The average molecular weight is 214 g/mol. The Morgan fingerprint density at radius 2 is 2.44 bits per heavy atom. The third kappa shape index (κ3) is 1.86. The SMILES string of the molecule is N#C[C@H](Cc1ccc2[nH]ncc2c1)C(N)=O. The maximum absolute atomic E-state index is 10.9. The van der Waals surface area contributed by atoms with Crippen LogP contribution in [0.1, 0.15) is 5.56 Å². The van der Waals surface area contributed by atoms with Crippen LogP contribution in [-0.4, -0.2) is 16.1 Å². The lowest BCUT2D eigenvalue weighted by molar-refractivity contribution is -0.120. The van der Waals surface area contributed by atoms with Crippen LogP contribution in [0.4, 0.5) is 0 Å². The Bertz CT molecular complexity index is 567. The molecule has 1 atom stereocenters. The highest BCUT2D eigenvalue weighted by Crippen LogP contribution is 2.15. The molecule has 1 heterocycles. The molecular weight excluding hydrogens is 204 g/mol. The largest absolute Gasteiger partial charge is 0.369 e. The highest BCUT2D eigenvalue weighted by molar-refractivity contribution is 5.81. The van der Waals surface area contributed by atoms with Gasteiger partial charge in [0.25, 0.3) is 0 Å². The first-order valence-electron chi connectivity index (χ1n) is 4.81. The van der Waals surface area contributed by atoms with E-state index in [0.29, 0.717) is 6.42 Å². The molecule has 0 unspecified atom stereocenters. The number of rotatable bonds is 3. The average Bonchev–Trinajstić information content (AvgIpc) is 2.72. The second-order valence-electron chi connectivity index (χ2n) is 3.58. The van der Waals surface area contributed by atoms with E-state index in [-0.39, 0.29) is 0 Å². The first-order valence-corrected chi connectivity index (χ1v) is 4.81. The highest BCUT2D eigenvalue weighted by atomic mass is 16.1. The number of hydrogen-bond acceptors (Lipinski definition) is 3. The number of nitriles is 1. The molecule has 2 rings (SSSR count). The summed E-state index contributed by atoms with van der Waals surface area (Å²) in [5.74, 6) is -1.36. The van der Waals surface area contributed by atoms with Crippen LogP contribution in [0.2, 0.25) is 0 Å². The smallest absolute Gasteiger partial charge is 0.235 e. The molecule has 1 aromatic carbocycles. The zero-order valence-electron chi connectivity index (χ0n) is 8.47. The van der Waals surface area contributed by atoms with Gasteiger partial charge in [0, 0.05) is 5.39 Å². The van der Waals surface area contributed by atoms with E-state index in [1.165, 1.54) is 0 Å². The molecule has 5 heteroatoms. The van der Waals surface area contributed by atoms with Crippen molar-refractivity contribution in [2.45, 2.75) is 6.42 Å². The van der Waals surface area contributed by atoms with Gasteiger partial charge in [-0.1, -0.05) is 6.07 Å². The third-order valence-electron chi connectivity index (χ3n) is 2.44. The van der Waals surface area contributed by atoms with E-state index in [4.69, 9.17) is 11.0 Å². The predicted octanol–water partition coefficient (Wildman–Crippen LogP) is 0.730. The molecule has 5 nitrogen and oxygen atoms in total. The molecule has 0 saturated carbocycles. The summed E-state index contributed by atoms with van der Waals surface area (Å²) in [6.45, 7) is 0. The topological polar surface area (TPSA) is 95.6 Å². The molecule has 0 aliphatic rings. The monoisotopic (exact) mass is 214 g/mol. The van der Waals surface area contributed by atoms with Gasteiger partial charge in [0.15, 0.2) is 0 Å². The number of nitrogens with two attached hydrogens (primary N) is 1. The lowest BCUT2D eigenvalue weighted by atomic mass is 9.99. The second kappa shape index (κ2) is 4.03. The molecule has 1 aromatic heterocycles. The molecular formula is C11H10N4O. The standard InChI is InChI=1S/C11H10N4O/c12-5-8(11(13)16)3-7-1-2-10-9(4-7)6-14-15-10/h1-2,4,6,8H,3H2,(H2,13,16)(H,14,15)/t8-/m0/s1. The normalized spacial score (nSPS) is 12.2. The molecule has 3 N–H and O–H groups in total. The Kier molecular flexibility index (Phi) is 2.56. The summed E-state index contributed by atoms with van der Waals surface area (Å²) in [4.78, 5) is 10.9. The van der Waals surface area contributed by atoms with Crippen LogP contribution in [0.3, 0.4) is 0 Å². The molecule has 0 bridgehead atoms. The molecule has 0 aliphatic heterocycles. The maximum atomic E-state index is 10.9. The van der Waals surface area contributed by atoms with Gasteiger partial charge in [0.2, 0.25) is 5.91 Å². The van der Waals surface area contributed by atoms with Crippen LogP contribution in [0.25, 0.3) is 10.9 Å². The van der Waals surface area contributed by atoms with Crippen LogP contribution < -0.4 is 5.73 Å². The third-order valence-corrected chi connectivity index (χ3v) is 2.44. The quantitative estimate of drug-likeness (QED) is 0.788. The Morgan fingerprint density at radius 3 is 3.12 bits per heavy atom. The zero-order chi connectivity index (χ0) is 11.5. The van der Waals surface area contributed by atoms with Gasteiger partial charge in [-0.3, -0.25) is 9.89 Å². The summed E-state index contributed by atoms with van der Waals surface area (Å²) < 4.78 is 0. The molecule has 0 saturated heterocycles. The fourth-order valence-electron chi connectivity index (χ4n) is 1.56. The number of fused-ring (bicyclic) bond motifs is 1. The van der Waals surface area contributed by atoms with E-state index in [2.05, 4.69) is 10.2 Å². The molecule has 1 amide bonds. The fraction of sp³-hybridized carbons (Fsp3) is 0.182. The number of H-pyrrole nitrogens is 1. The first-order chi connectivity index (χ1) is 7.70. The summed E-state index contributed by atoms with van der Waals surface area (Å²) in [7, 11) is 0. The van der Waals surface area contributed by atoms with Crippen LogP contribution in [0.5, 0.6) is 0 Å². The van der Waals surface area contributed by atoms with Gasteiger partial charge >= 0.3 is 0 Å². The van der Waals surface area contributed by atoms with Gasteiger partial charge in [-0.05, 0) is 24.1 Å². The number of nitrogens with one attached hydrogen (secondary N) is 1. The summed E-state index contributed by atoms with van der Waals surface area (Å²) in [6, 6.07) is 7.51. The van der Waals surface area contributed by atoms with Crippen molar-refractivity contribution in [3.05, 3.63) is 30.0 Å². The number of hydrogen-bond donors (Lipinski definition) is 2. The van der Waals surface area contributed by atoms with E-state index in [1.54, 1.807) is 6.20 Å². The van der Waals surface area contributed by atoms with Crippen molar-refractivity contribution in [1.29, 1.82) is 5.26 Å². The van der Waals surface area contributed by atoms with Gasteiger partial charge in [-0.2, -0.15) is 10.4 Å². The van der Waals surface area contributed by atoms with Crippen molar-refractivity contribution < 1.29 is 4.79 Å². The van der Waals surface area contributed by atoms with Crippen molar-refractivity contribution in [2.75, 3.05) is 0 Å². The summed E-state index contributed by atoms with van der Waals surface area (Å²) in [5, 5.41) is 16.4. The Hall–Kier alpha value is -2.35. The molecule has 2 aromatic rings. The lowest BCUT2D eigenvalue weighted by Crippen LogP contribution is -2.23. The number of carbonyl (C=O) groups excluding carboxylic acids is 1. The van der Waals surface area contributed by atoms with Crippen LogP contribution in [0.15, 0.2) is 24.4 Å². The summed E-state index contributed by atoms with van der Waals surface area (Å²) in [5.41, 5.74) is 6.94. The molecule has 80 valence electrons.